The minimum absolute atomic E-state index is 0.0345. The number of amides is 1. The molecule has 6 rings (SSSR count). The Bertz CT molecular complexity index is 1230. The van der Waals surface area contributed by atoms with Crippen molar-refractivity contribution in [3.8, 4) is 17.2 Å². The standard InChI is InChI=1S/C31H38N2O4/c1-19(2)18-33(27(35)13-10-20-8-6-5-7-9-20)23-12-11-22-24-16-21-25(34)17-26(36-4)29-28(21)31(22,30(23)37-29)14-15-32(24)3/h5-10,13,17,19,22-24,30,34H,11-12,14-16,18H2,1-4H3/t22-,23-,24+,30-,31-/m0/s1. The molecule has 37 heavy (non-hydrogen) atoms. The Labute approximate surface area is 219 Å². The van der Waals surface area contributed by atoms with Crippen LogP contribution in [0.15, 0.2) is 42.5 Å². The monoisotopic (exact) mass is 502 g/mol. The minimum atomic E-state index is -0.215. The number of ether oxygens (including phenoxy) is 2. The van der Waals surface area contributed by atoms with Crippen molar-refractivity contribution < 1.29 is 19.4 Å². The Hall–Kier alpha value is -2.99. The van der Waals surface area contributed by atoms with Gasteiger partial charge in [0, 0.05) is 41.3 Å². The number of hydrogen-bond acceptors (Lipinski definition) is 5. The van der Waals surface area contributed by atoms with Crippen LogP contribution >= 0.6 is 0 Å². The van der Waals surface area contributed by atoms with Crippen LogP contribution in [0.3, 0.4) is 0 Å². The molecule has 0 aromatic heterocycles. The maximum atomic E-state index is 13.8. The second-order valence-corrected chi connectivity index (χ2v) is 11.7. The third kappa shape index (κ3) is 3.67. The van der Waals surface area contributed by atoms with Crippen molar-refractivity contribution in [3.63, 3.8) is 0 Å². The van der Waals surface area contributed by atoms with Crippen LogP contribution in [0.2, 0.25) is 0 Å². The summed E-state index contributed by atoms with van der Waals surface area (Å²) < 4.78 is 12.6. The van der Waals surface area contributed by atoms with Crippen molar-refractivity contribution in [2.45, 2.75) is 63.1 Å². The Morgan fingerprint density at radius 3 is 2.81 bits per heavy atom. The van der Waals surface area contributed by atoms with Crippen molar-refractivity contribution >= 4 is 12.0 Å². The molecular formula is C31H38N2O4. The molecule has 2 aliphatic carbocycles. The summed E-state index contributed by atoms with van der Waals surface area (Å²) in [6, 6.07) is 12.0. The number of nitrogens with zero attached hydrogens (tertiary/aromatic N) is 2. The van der Waals surface area contributed by atoms with Crippen LogP contribution in [0, 0.1) is 11.8 Å². The SMILES string of the molecule is COc1cc(O)c2c3c1O[C@H]1[C@@H](N(CC(C)C)C(=O)C=Cc4ccccc4)CC[C@H]4[C@@H](C2)N(C)CC[C@@]341. The van der Waals surface area contributed by atoms with E-state index in [9.17, 15) is 9.90 Å². The first-order valence-corrected chi connectivity index (χ1v) is 13.7. The normalized spacial score (nSPS) is 29.8. The summed E-state index contributed by atoms with van der Waals surface area (Å²) in [5.74, 6) is 2.49. The molecule has 0 unspecified atom stereocenters. The molecule has 1 saturated carbocycles. The summed E-state index contributed by atoms with van der Waals surface area (Å²) in [6.45, 7) is 6.00. The predicted octanol–water partition coefficient (Wildman–Crippen LogP) is 4.64. The van der Waals surface area contributed by atoms with Gasteiger partial charge in [0.1, 0.15) is 11.9 Å². The van der Waals surface area contributed by atoms with Gasteiger partial charge in [0.05, 0.1) is 13.2 Å². The van der Waals surface area contributed by atoms with E-state index in [4.69, 9.17) is 9.47 Å². The Morgan fingerprint density at radius 1 is 1.30 bits per heavy atom. The zero-order chi connectivity index (χ0) is 25.9. The Kier molecular flexibility index (Phi) is 5.98. The second kappa shape index (κ2) is 9.09. The van der Waals surface area contributed by atoms with Gasteiger partial charge in [-0.2, -0.15) is 0 Å². The number of benzene rings is 2. The molecule has 6 nitrogen and oxygen atoms in total. The van der Waals surface area contributed by atoms with Crippen LogP contribution in [-0.4, -0.2) is 66.2 Å². The summed E-state index contributed by atoms with van der Waals surface area (Å²) in [5.41, 5.74) is 2.97. The zero-order valence-electron chi connectivity index (χ0n) is 22.3. The smallest absolute Gasteiger partial charge is 0.246 e. The van der Waals surface area contributed by atoms with Gasteiger partial charge in [0.2, 0.25) is 5.91 Å². The van der Waals surface area contributed by atoms with Gasteiger partial charge in [-0.15, -0.1) is 0 Å². The molecule has 1 N–H and O–H groups in total. The van der Waals surface area contributed by atoms with Crippen molar-refractivity contribution in [2.75, 3.05) is 27.2 Å². The third-order valence-electron chi connectivity index (χ3n) is 9.34. The highest BCUT2D eigenvalue weighted by atomic mass is 16.5. The van der Waals surface area contributed by atoms with E-state index in [1.807, 2.05) is 36.4 Å². The first kappa shape index (κ1) is 24.4. The van der Waals surface area contributed by atoms with E-state index in [0.29, 0.717) is 35.9 Å². The highest BCUT2D eigenvalue weighted by Gasteiger charge is 2.66. The van der Waals surface area contributed by atoms with Crippen molar-refractivity contribution in [1.29, 1.82) is 0 Å². The number of hydrogen-bond donors (Lipinski definition) is 1. The number of carbonyl (C=O) groups excluding carboxylic acids is 1. The minimum Gasteiger partial charge on any atom is -0.508 e. The molecule has 0 radical (unpaired) electrons. The number of carbonyl (C=O) groups is 1. The molecule has 196 valence electrons. The van der Waals surface area contributed by atoms with Gasteiger partial charge in [-0.05, 0) is 62.8 Å². The lowest BCUT2D eigenvalue weighted by Gasteiger charge is -2.60. The number of piperidine rings is 1. The maximum absolute atomic E-state index is 13.8. The fourth-order valence-electron chi connectivity index (χ4n) is 7.84. The van der Waals surface area contributed by atoms with Gasteiger partial charge >= 0.3 is 0 Å². The van der Waals surface area contributed by atoms with Gasteiger partial charge in [0.25, 0.3) is 0 Å². The molecule has 1 amide bonds. The molecule has 2 aromatic carbocycles. The second-order valence-electron chi connectivity index (χ2n) is 11.7. The summed E-state index contributed by atoms with van der Waals surface area (Å²) in [6.07, 6.45) is 7.23. The molecule has 4 aliphatic rings. The van der Waals surface area contributed by atoms with E-state index >= 15 is 0 Å². The number of methoxy groups -OCH3 is 1. The first-order valence-electron chi connectivity index (χ1n) is 13.7. The molecule has 6 heteroatoms. The highest BCUT2D eigenvalue weighted by molar-refractivity contribution is 5.92. The summed E-state index contributed by atoms with van der Waals surface area (Å²) in [5, 5.41) is 11.1. The van der Waals surface area contributed by atoms with Gasteiger partial charge in [-0.1, -0.05) is 44.2 Å². The molecule has 2 fully saturated rings. The quantitative estimate of drug-likeness (QED) is 0.584. The summed E-state index contributed by atoms with van der Waals surface area (Å²) in [7, 11) is 3.85. The van der Waals surface area contributed by atoms with Crippen LogP contribution in [-0.2, 0) is 16.6 Å². The number of phenolic OH excluding ortho intramolecular Hbond substituents is 1. The molecule has 1 spiro atoms. The van der Waals surface area contributed by atoms with Crippen molar-refractivity contribution in [2.24, 2.45) is 11.8 Å². The largest absolute Gasteiger partial charge is 0.508 e. The zero-order valence-corrected chi connectivity index (χ0v) is 22.3. The van der Waals surface area contributed by atoms with E-state index in [0.717, 1.165) is 54.7 Å². The molecule has 2 bridgehead atoms. The molecule has 2 aliphatic heterocycles. The van der Waals surface area contributed by atoms with E-state index in [1.54, 1.807) is 19.3 Å². The summed E-state index contributed by atoms with van der Waals surface area (Å²) >= 11 is 0. The van der Waals surface area contributed by atoms with Crippen LogP contribution in [0.4, 0.5) is 0 Å². The lowest BCUT2D eigenvalue weighted by atomic mass is 9.51. The average molecular weight is 503 g/mol. The molecule has 5 atom stereocenters. The molecule has 2 aromatic rings. The number of rotatable bonds is 6. The first-order chi connectivity index (χ1) is 17.8. The number of phenols is 1. The average Bonchev–Trinajstić information content (AvgIpc) is 3.24. The van der Waals surface area contributed by atoms with E-state index < -0.39 is 0 Å². The fraction of sp³-hybridized carbons (Fsp3) is 0.516. The third-order valence-corrected chi connectivity index (χ3v) is 9.34. The molecule has 2 heterocycles. The summed E-state index contributed by atoms with van der Waals surface area (Å²) in [4.78, 5) is 18.3. The fourth-order valence-corrected chi connectivity index (χ4v) is 7.84. The van der Waals surface area contributed by atoms with E-state index in [-0.39, 0.29) is 23.5 Å². The predicted molar refractivity (Wildman–Crippen MR) is 144 cm³/mol. The highest BCUT2D eigenvalue weighted by Crippen LogP contribution is 2.65. The van der Waals surface area contributed by atoms with Crippen molar-refractivity contribution in [1.82, 2.24) is 9.80 Å². The van der Waals surface area contributed by atoms with Crippen LogP contribution < -0.4 is 9.47 Å². The van der Waals surface area contributed by atoms with E-state index in [1.165, 1.54) is 0 Å². The van der Waals surface area contributed by atoms with Crippen molar-refractivity contribution in [3.05, 3.63) is 59.2 Å². The number of aromatic hydroxyl groups is 1. The van der Waals surface area contributed by atoms with Crippen LogP contribution in [0.1, 0.15) is 49.8 Å². The van der Waals surface area contributed by atoms with Gasteiger partial charge in [0.15, 0.2) is 11.5 Å². The number of likely N-dealkylation sites (tertiary alicyclic amines) is 1. The number of likely N-dealkylation sites (N-methyl/N-ethyl adjacent to an activating group) is 1. The Balaban J connectivity index is 1.43. The Morgan fingerprint density at radius 2 is 2.08 bits per heavy atom. The maximum Gasteiger partial charge on any atom is 0.246 e. The lowest BCUT2D eigenvalue weighted by molar-refractivity contribution is -0.138. The molecule has 1 saturated heterocycles. The van der Waals surface area contributed by atoms with Gasteiger partial charge in [-0.3, -0.25) is 4.79 Å². The van der Waals surface area contributed by atoms with Crippen LogP contribution in [0.5, 0.6) is 17.2 Å². The van der Waals surface area contributed by atoms with Gasteiger partial charge in [-0.25, -0.2) is 0 Å². The topological polar surface area (TPSA) is 62.2 Å². The molecular weight excluding hydrogens is 464 g/mol. The van der Waals surface area contributed by atoms with Gasteiger partial charge < -0.3 is 24.4 Å². The van der Waals surface area contributed by atoms with E-state index in [2.05, 4.69) is 30.7 Å². The van der Waals surface area contributed by atoms with Crippen LogP contribution in [0.25, 0.3) is 6.08 Å². The lowest BCUT2D eigenvalue weighted by Crippen LogP contribution is -2.68.